The molecule has 10 heteroatoms. The molecular weight excluding hydrogens is 442 g/mol. The highest BCUT2D eigenvalue weighted by atomic mass is 19.4. The number of hydrogen-bond donors (Lipinski definition) is 1. The average molecular weight is 463 g/mol. The third kappa shape index (κ3) is 4.35. The molecule has 2 heterocycles. The first kappa shape index (κ1) is 22.9. The van der Waals surface area contributed by atoms with Crippen molar-refractivity contribution in [3.63, 3.8) is 0 Å². The molecule has 0 saturated carbocycles. The summed E-state index contributed by atoms with van der Waals surface area (Å²) < 4.78 is 67.0. The number of nitrogens with zero attached hydrogens (tertiary/aromatic N) is 3. The van der Waals surface area contributed by atoms with Crippen molar-refractivity contribution in [3.05, 3.63) is 53.7 Å². The number of benzene rings is 2. The third-order valence-corrected chi connectivity index (χ3v) is 5.51. The van der Waals surface area contributed by atoms with Crippen LogP contribution in [0.25, 0.3) is 10.9 Å². The van der Waals surface area contributed by atoms with Gasteiger partial charge in [0.25, 0.3) is 0 Å². The standard InChI is InChI=1S/C23H21F4N3O3/c1-13-28-9-15-17(7-14(24)8-18(15)30-13)29-11-22(31,23(25,26)27)10-21(2,3)16-5-4-6-19-20(16)33-12-32-19/h4-9,11,31H,10,12H2,1-3H3/b29-11+. The number of aromatic nitrogens is 2. The van der Waals surface area contributed by atoms with Gasteiger partial charge in [0.05, 0.1) is 11.2 Å². The van der Waals surface area contributed by atoms with Crippen LogP contribution < -0.4 is 9.47 Å². The highest BCUT2D eigenvalue weighted by molar-refractivity contribution is 5.91. The second-order valence-electron chi connectivity index (χ2n) is 8.56. The number of halogens is 4. The summed E-state index contributed by atoms with van der Waals surface area (Å²) in [4.78, 5) is 11.9. The van der Waals surface area contributed by atoms with Crippen molar-refractivity contribution in [2.75, 3.05) is 6.79 Å². The molecule has 1 aliphatic heterocycles. The van der Waals surface area contributed by atoms with E-state index in [1.165, 1.54) is 6.20 Å². The van der Waals surface area contributed by atoms with E-state index in [4.69, 9.17) is 9.47 Å². The molecule has 0 radical (unpaired) electrons. The van der Waals surface area contributed by atoms with Crippen LogP contribution in [0.2, 0.25) is 0 Å². The zero-order valence-electron chi connectivity index (χ0n) is 18.1. The van der Waals surface area contributed by atoms with E-state index in [1.54, 1.807) is 39.0 Å². The van der Waals surface area contributed by atoms with Crippen LogP contribution in [0.1, 0.15) is 31.7 Å². The van der Waals surface area contributed by atoms with Crippen molar-refractivity contribution in [3.8, 4) is 11.5 Å². The first-order valence-corrected chi connectivity index (χ1v) is 10.1. The SMILES string of the molecule is Cc1ncc2c(/N=C/C(O)(CC(C)(C)c3cccc4c3OCO4)C(F)(F)F)cc(F)cc2n1. The zero-order chi connectivity index (χ0) is 24.0. The Balaban J connectivity index is 1.74. The lowest BCUT2D eigenvalue weighted by Crippen LogP contribution is -2.50. The summed E-state index contributed by atoms with van der Waals surface area (Å²) in [6.45, 7) is 4.68. The van der Waals surface area contributed by atoms with E-state index >= 15 is 0 Å². The summed E-state index contributed by atoms with van der Waals surface area (Å²) >= 11 is 0. The molecule has 4 rings (SSSR count). The highest BCUT2D eigenvalue weighted by Gasteiger charge is 2.55. The van der Waals surface area contributed by atoms with Gasteiger partial charge in [-0.15, -0.1) is 0 Å². The Morgan fingerprint density at radius 1 is 1.18 bits per heavy atom. The van der Waals surface area contributed by atoms with Crippen molar-refractivity contribution in [1.82, 2.24) is 9.97 Å². The number of para-hydroxylation sites is 1. The number of aryl methyl sites for hydroxylation is 1. The molecule has 3 aromatic rings. The fourth-order valence-electron chi connectivity index (χ4n) is 3.91. The van der Waals surface area contributed by atoms with Crippen LogP contribution in [-0.4, -0.2) is 39.9 Å². The van der Waals surface area contributed by atoms with E-state index in [9.17, 15) is 22.7 Å². The number of aliphatic imine (C=N–C) groups is 1. The molecule has 1 aliphatic rings. The van der Waals surface area contributed by atoms with E-state index < -0.39 is 29.4 Å². The lowest BCUT2D eigenvalue weighted by molar-refractivity contribution is -0.234. The zero-order valence-corrected chi connectivity index (χ0v) is 18.1. The fraction of sp³-hybridized carbons (Fsp3) is 0.348. The van der Waals surface area contributed by atoms with Crippen LogP contribution in [0.4, 0.5) is 23.2 Å². The van der Waals surface area contributed by atoms with Crippen LogP contribution in [0.15, 0.2) is 41.5 Å². The minimum atomic E-state index is -5.06. The minimum Gasteiger partial charge on any atom is -0.454 e. The summed E-state index contributed by atoms with van der Waals surface area (Å²) in [5.74, 6) is 0.415. The molecular formula is C23H21F4N3O3. The van der Waals surface area contributed by atoms with Gasteiger partial charge in [-0.05, 0) is 24.8 Å². The van der Waals surface area contributed by atoms with E-state index in [0.29, 0.717) is 29.1 Å². The maximum absolute atomic E-state index is 14.1. The van der Waals surface area contributed by atoms with Crippen molar-refractivity contribution >= 4 is 22.8 Å². The van der Waals surface area contributed by atoms with Gasteiger partial charge in [-0.3, -0.25) is 4.99 Å². The molecule has 6 nitrogen and oxygen atoms in total. The molecule has 1 N–H and O–H groups in total. The maximum Gasteiger partial charge on any atom is 0.422 e. The number of aliphatic hydroxyl groups is 1. The largest absolute Gasteiger partial charge is 0.454 e. The van der Waals surface area contributed by atoms with Crippen LogP contribution in [0.5, 0.6) is 11.5 Å². The van der Waals surface area contributed by atoms with E-state index in [1.807, 2.05) is 0 Å². The first-order valence-electron chi connectivity index (χ1n) is 10.1. The van der Waals surface area contributed by atoms with Crippen molar-refractivity contribution in [2.45, 2.75) is 44.4 Å². The second kappa shape index (κ2) is 7.95. The van der Waals surface area contributed by atoms with Gasteiger partial charge in [0, 0.05) is 35.5 Å². The van der Waals surface area contributed by atoms with Crippen LogP contribution in [-0.2, 0) is 5.41 Å². The van der Waals surface area contributed by atoms with Gasteiger partial charge in [0.2, 0.25) is 6.79 Å². The number of alkyl halides is 3. The lowest BCUT2D eigenvalue weighted by Gasteiger charge is -2.35. The molecule has 0 amide bonds. The van der Waals surface area contributed by atoms with E-state index in [-0.39, 0.29) is 23.4 Å². The number of hydrogen-bond acceptors (Lipinski definition) is 6. The first-order chi connectivity index (χ1) is 15.4. The number of fused-ring (bicyclic) bond motifs is 2. The molecule has 1 atom stereocenters. The summed E-state index contributed by atoms with van der Waals surface area (Å²) in [5.41, 5.74) is -3.98. The van der Waals surface area contributed by atoms with Gasteiger partial charge in [-0.2, -0.15) is 13.2 Å². The van der Waals surface area contributed by atoms with Gasteiger partial charge in [-0.1, -0.05) is 26.0 Å². The van der Waals surface area contributed by atoms with E-state index in [2.05, 4.69) is 15.0 Å². The van der Waals surface area contributed by atoms with Gasteiger partial charge in [0.1, 0.15) is 11.6 Å². The second-order valence-corrected chi connectivity index (χ2v) is 8.56. The smallest absolute Gasteiger partial charge is 0.422 e. The molecule has 2 aromatic carbocycles. The maximum atomic E-state index is 14.1. The van der Waals surface area contributed by atoms with Crippen LogP contribution in [0.3, 0.4) is 0 Å². The van der Waals surface area contributed by atoms with Gasteiger partial charge in [-0.25, -0.2) is 14.4 Å². The highest BCUT2D eigenvalue weighted by Crippen LogP contribution is 2.47. The molecule has 1 aromatic heterocycles. The average Bonchev–Trinajstić information content (AvgIpc) is 3.19. The molecule has 0 fully saturated rings. The Morgan fingerprint density at radius 2 is 1.94 bits per heavy atom. The van der Waals surface area contributed by atoms with Gasteiger partial charge in [0.15, 0.2) is 17.1 Å². The summed E-state index contributed by atoms with van der Waals surface area (Å²) in [5, 5.41) is 11.0. The summed E-state index contributed by atoms with van der Waals surface area (Å²) in [6, 6.07) is 7.03. The third-order valence-electron chi connectivity index (χ3n) is 5.51. The molecule has 0 bridgehead atoms. The Hall–Kier alpha value is -3.27. The van der Waals surface area contributed by atoms with Crippen LogP contribution >= 0.6 is 0 Å². The van der Waals surface area contributed by atoms with E-state index in [0.717, 1.165) is 12.1 Å². The van der Waals surface area contributed by atoms with Gasteiger partial charge < -0.3 is 14.6 Å². The Labute approximate surface area is 186 Å². The molecule has 0 aliphatic carbocycles. The Bertz CT molecular complexity index is 1240. The molecule has 0 spiro atoms. The van der Waals surface area contributed by atoms with Crippen molar-refractivity contribution in [2.24, 2.45) is 4.99 Å². The van der Waals surface area contributed by atoms with Crippen molar-refractivity contribution in [1.29, 1.82) is 0 Å². The number of rotatable bonds is 5. The minimum absolute atomic E-state index is 0.0401. The lowest BCUT2D eigenvalue weighted by atomic mass is 9.74. The number of ether oxygens (including phenoxy) is 2. The molecule has 0 saturated heterocycles. The topological polar surface area (TPSA) is 76.8 Å². The predicted octanol–water partition coefficient (Wildman–Crippen LogP) is 5.17. The predicted molar refractivity (Wildman–Crippen MR) is 114 cm³/mol. The normalized spacial score (nSPS) is 15.9. The summed E-state index contributed by atoms with van der Waals surface area (Å²) in [6.07, 6.45) is -4.07. The molecule has 1 unspecified atom stereocenters. The summed E-state index contributed by atoms with van der Waals surface area (Å²) in [7, 11) is 0. The fourth-order valence-corrected chi connectivity index (χ4v) is 3.91. The molecule has 174 valence electrons. The Kier molecular flexibility index (Phi) is 5.52. The molecule has 33 heavy (non-hydrogen) atoms. The monoisotopic (exact) mass is 463 g/mol. The Morgan fingerprint density at radius 3 is 2.67 bits per heavy atom. The van der Waals surface area contributed by atoms with Crippen molar-refractivity contribution < 1.29 is 32.1 Å². The van der Waals surface area contributed by atoms with Gasteiger partial charge >= 0.3 is 6.18 Å². The quantitative estimate of drug-likeness (QED) is 0.417. The van der Waals surface area contributed by atoms with Crippen LogP contribution in [0, 0.1) is 12.7 Å².